The number of carbonyl (C=O) groups excluding carboxylic acids is 2. The summed E-state index contributed by atoms with van der Waals surface area (Å²) in [4.78, 5) is 25.0. The third-order valence-corrected chi connectivity index (χ3v) is 5.05. The molecule has 0 aliphatic heterocycles. The van der Waals surface area contributed by atoms with Crippen LogP contribution in [-0.2, 0) is 20.7 Å². The summed E-state index contributed by atoms with van der Waals surface area (Å²) in [7, 11) is 0. The van der Waals surface area contributed by atoms with Gasteiger partial charge in [-0.05, 0) is 54.3 Å². The Morgan fingerprint density at radius 3 is 2.24 bits per heavy atom. The zero-order chi connectivity index (χ0) is 24.2. The minimum Gasteiger partial charge on any atom is -0.504 e. The van der Waals surface area contributed by atoms with E-state index in [2.05, 4.69) is 5.32 Å². The largest absolute Gasteiger partial charge is 0.504 e. The highest BCUT2D eigenvalue weighted by atomic mass is 35.5. The maximum Gasteiger partial charge on any atom is 0.331 e. The number of rotatable bonds is 12. The second-order valence-electron chi connectivity index (χ2n) is 7.43. The molecule has 0 saturated heterocycles. The lowest BCUT2D eigenvalue weighted by molar-refractivity contribution is -0.151. The van der Waals surface area contributed by atoms with Gasteiger partial charge in [0.1, 0.15) is 0 Å². The second-order valence-corrected chi connectivity index (χ2v) is 7.81. The summed E-state index contributed by atoms with van der Waals surface area (Å²) in [6.45, 7) is 0.415. The van der Waals surface area contributed by atoms with Crippen LogP contribution in [0.5, 0.6) is 23.0 Å². The van der Waals surface area contributed by atoms with E-state index < -0.39 is 18.0 Å². The van der Waals surface area contributed by atoms with Gasteiger partial charge in [-0.15, -0.1) is 11.6 Å². The number of nitrogens with one attached hydrogen (secondary N) is 1. The topological polar surface area (TPSA) is 136 Å². The summed E-state index contributed by atoms with van der Waals surface area (Å²) in [6, 6.07) is 8.14. The van der Waals surface area contributed by atoms with Crippen molar-refractivity contribution in [2.24, 2.45) is 0 Å². The number of phenols is 4. The summed E-state index contributed by atoms with van der Waals surface area (Å²) in [6.07, 6.45) is 4.84. The van der Waals surface area contributed by atoms with Crippen LogP contribution in [0, 0.1) is 0 Å². The molecule has 0 aromatic heterocycles. The molecule has 2 aromatic rings. The number of hydrogen-bond donors (Lipinski definition) is 5. The van der Waals surface area contributed by atoms with Crippen LogP contribution in [0.4, 0.5) is 0 Å². The fourth-order valence-corrected chi connectivity index (χ4v) is 3.17. The standard InChI is InChI=1S/C24H28ClNO7/c25-11-3-1-2-4-12-26-24(32)22(15-17-6-9-19(28)21(30)14-17)33-23(31)10-7-16-5-8-18(27)20(29)13-16/h5-10,13-14,22,27-30H,1-4,11-12,15H2,(H,26,32)/b10-7+/t22-/m1/s1. The van der Waals surface area contributed by atoms with Crippen molar-refractivity contribution in [3.8, 4) is 23.0 Å². The van der Waals surface area contributed by atoms with Crippen molar-refractivity contribution in [3.05, 3.63) is 53.6 Å². The van der Waals surface area contributed by atoms with Crippen LogP contribution < -0.4 is 5.32 Å². The Balaban J connectivity index is 2.04. The van der Waals surface area contributed by atoms with Gasteiger partial charge in [0, 0.05) is 24.9 Å². The molecule has 8 nitrogen and oxygen atoms in total. The van der Waals surface area contributed by atoms with Crippen LogP contribution in [0.15, 0.2) is 42.5 Å². The first-order chi connectivity index (χ1) is 15.8. The van der Waals surface area contributed by atoms with Crippen molar-refractivity contribution >= 4 is 29.6 Å². The molecule has 1 amide bonds. The number of aromatic hydroxyl groups is 4. The van der Waals surface area contributed by atoms with Crippen LogP contribution in [0.2, 0.25) is 0 Å². The van der Waals surface area contributed by atoms with Gasteiger partial charge in [0.2, 0.25) is 0 Å². The monoisotopic (exact) mass is 477 g/mol. The quantitative estimate of drug-likeness (QED) is 0.104. The first-order valence-electron chi connectivity index (χ1n) is 10.6. The minimum absolute atomic E-state index is 0.00843. The molecule has 0 aliphatic carbocycles. The van der Waals surface area contributed by atoms with Gasteiger partial charge in [0.25, 0.3) is 5.91 Å². The van der Waals surface area contributed by atoms with E-state index in [-0.39, 0.29) is 29.4 Å². The molecule has 0 bridgehead atoms. The number of alkyl halides is 1. The molecular weight excluding hydrogens is 450 g/mol. The molecule has 0 aliphatic rings. The maximum absolute atomic E-state index is 12.7. The highest BCUT2D eigenvalue weighted by Gasteiger charge is 2.23. The molecule has 33 heavy (non-hydrogen) atoms. The Kier molecular flexibility index (Phi) is 10.4. The molecule has 0 unspecified atom stereocenters. The van der Waals surface area contributed by atoms with Gasteiger partial charge in [0.05, 0.1) is 0 Å². The van der Waals surface area contributed by atoms with Crippen molar-refractivity contribution in [2.45, 2.75) is 38.2 Å². The van der Waals surface area contributed by atoms with E-state index in [1.165, 1.54) is 42.5 Å². The van der Waals surface area contributed by atoms with E-state index >= 15 is 0 Å². The second kappa shape index (κ2) is 13.2. The van der Waals surface area contributed by atoms with Crippen LogP contribution in [0.3, 0.4) is 0 Å². The van der Waals surface area contributed by atoms with E-state index in [0.717, 1.165) is 31.8 Å². The lowest BCUT2D eigenvalue weighted by Gasteiger charge is -2.17. The first kappa shape index (κ1) is 25.9. The zero-order valence-corrected chi connectivity index (χ0v) is 18.8. The number of halogens is 1. The number of unbranched alkanes of at least 4 members (excludes halogenated alkanes) is 3. The minimum atomic E-state index is -1.16. The van der Waals surface area contributed by atoms with Gasteiger partial charge in [0.15, 0.2) is 29.1 Å². The third kappa shape index (κ3) is 8.94. The van der Waals surface area contributed by atoms with Crippen LogP contribution in [-0.4, -0.2) is 50.8 Å². The van der Waals surface area contributed by atoms with Crippen molar-refractivity contribution in [3.63, 3.8) is 0 Å². The van der Waals surface area contributed by atoms with Gasteiger partial charge < -0.3 is 30.5 Å². The number of hydrogen-bond acceptors (Lipinski definition) is 7. The molecule has 1 atom stereocenters. The van der Waals surface area contributed by atoms with Crippen LogP contribution in [0.1, 0.15) is 36.8 Å². The Labute approximate surface area is 197 Å². The Morgan fingerprint density at radius 2 is 1.58 bits per heavy atom. The fraction of sp³-hybridized carbons (Fsp3) is 0.333. The van der Waals surface area contributed by atoms with Crippen molar-refractivity contribution < 1.29 is 34.8 Å². The fourth-order valence-electron chi connectivity index (χ4n) is 2.98. The average Bonchev–Trinajstić information content (AvgIpc) is 2.78. The van der Waals surface area contributed by atoms with Crippen molar-refractivity contribution in [1.82, 2.24) is 5.32 Å². The van der Waals surface area contributed by atoms with Gasteiger partial charge >= 0.3 is 5.97 Å². The molecule has 0 saturated carbocycles. The Hall–Kier alpha value is -3.39. The number of amides is 1. The summed E-state index contributed by atoms with van der Waals surface area (Å²) in [5, 5.41) is 40.9. The number of phenolic OH excluding ortho intramolecular Hbond substituents is 4. The molecule has 0 spiro atoms. The Morgan fingerprint density at radius 1 is 0.909 bits per heavy atom. The van der Waals surface area contributed by atoms with Gasteiger partial charge in [-0.3, -0.25) is 4.79 Å². The highest BCUT2D eigenvalue weighted by molar-refractivity contribution is 6.17. The van der Waals surface area contributed by atoms with E-state index in [9.17, 15) is 30.0 Å². The van der Waals surface area contributed by atoms with Crippen LogP contribution in [0.25, 0.3) is 6.08 Å². The predicted molar refractivity (Wildman–Crippen MR) is 124 cm³/mol. The zero-order valence-electron chi connectivity index (χ0n) is 18.0. The normalized spacial score (nSPS) is 11.9. The third-order valence-electron chi connectivity index (χ3n) is 4.78. The lowest BCUT2D eigenvalue weighted by atomic mass is 10.1. The van der Waals surface area contributed by atoms with Crippen molar-refractivity contribution in [2.75, 3.05) is 12.4 Å². The molecular formula is C24H28ClNO7. The number of ether oxygens (including phenoxy) is 1. The molecule has 0 radical (unpaired) electrons. The molecule has 178 valence electrons. The maximum atomic E-state index is 12.7. The molecule has 2 rings (SSSR count). The molecule has 0 heterocycles. The molecule has 5 N–H and O–H groups in total. The van der Waals surface area contributed by atoms with E-state index in [1.807, 2.05) is 0 Å². The summed E-state index contributed by atoms with van der Waals surface area (Å²) >= 11 is 5.65. The number of benzene rings is 2. The summed E-state index contributed by atoms with van der Waals surface area (Å²) in [5.74, 6) is -1.93. The van der Waals surface area contributed by atoms with Gasteiger partial charge in [-0.25, -0.2) is 4.79 Å². The summed E-state index contributed by atoms with van der Waals surface area (Å²) in [5.41, 5.74) is 0.941. The number of carbonyl (C=O) groups is 2. The summed E-state index contributed by atoms with van der Waals surface area (Å²) < 4.78 is 5.35. The van der Waals surface area contributed by atoms with E-state index in [1.54, 1.807) is 0 Å². The first-order valence-corrected chi connectivity index (χ1v) is 11.1. The highest BCUT2D eigenvalue weighted by Crippen LogP contribution is 2.26. The van der Waals surface area contributed by atoms with Crippen molar-refractivity contribution in [1.29, 1.82) is 0 Å². The van der Waals surface area contributed by atoms with Crippen LogP contribution >= 0.6 is 11.6 Å². The van der Waals surface area contributed by atoms with Gasteiger partial charge in [-0.1, -0.05) is 25.0 Å². The lowest BCUT2D eigenvalue weighted by Crippen LogP contribution is -2.39. The average molecular weight is 478 g/mol. The smallest absolute Gasteiger partial charge is 0.331 e. The number of esters is 1. The van der Waals surface area contributed by atoms with Gasteiger partial charge in [-0.2, -0.15) is 0 Å². The van der Waals surface area contributed by atoms with E-state index in [0.29, 0.717) is 23.6 Å². The molecule has 2 aromatic carbocycles. The van der Waals surface area contributed by atoms with E-state index in [4.69, 9.17) is 16.3 Å². The SMILES string of the molecule is O=C(/C=C/c1ccc(O)c(O)c1)O[C@H](Cc1ccc(O)c(O)c1)C(=O)NCCCCCCCl. The molecule has 9 heteroatoms. The predicted octanol–water partition coefficient (Wildman–Crippen LogP) is 3.59. The molecule has 0 fully saturated rings. The Bertz CT molecular complexity index is 977.